The Kier molecular flexibility index (Phi) is 13.1. The highest BCUT2D eigenvalue weighted by Gasteiger charge is 2.48. The first-order chi connectivity index (χ1) is 46.3. The van der Waals surface area contributed by atoms with Crippen LogP contribution in [0, 0.1) is 41.5 Å². The van der Waals surface area contributed by atoms with Crippen molar-refractivity contribution < 1.29 is 0 Å². The van der Waals surface area contributed by atoms with E-state index in [2.05, 4.69) is 361 Å². The fourth-order valence-electron chi connectivity index (χ4n) is 18.4. The molecule has 0 saturated carbocycles. The topological polar surface area (TPSA) is 13.0 Å². The van der Waals surface area contributed by atoms with E-state index in [0.29, 0.717) is 0 Å². The Labute approximate surface area is 575 Å². The summed E-state index contributed by atoms with van der Waals surface area (Å²) in [4.78, 5) is 10.3. The lowest BCUT2D eigenvalue weighted by molar-refractivity contribution is 0.597. The summed E-state index contributed by atoms with van der Waals surface area (Å²) < 4.78 is 0. The Balaban J connectivity index is 0.909. The van der Waals surface area contributed by atoms with E-state index in [1.54, 1.807) is 0 Å². The SMILES string of the molecule is Cc1cc(C)cc(N(c2ccc3c(c2)C(C)(C)c2ccccc2-3)c2ccc3c(c2)C(C)(C)c2cc(N(c4cc(C)cc(C)c4)c4ccc5c(c4)C(C)(C)c4ccccc4-5)cc4c2N3c2ccc(N(c3cc(C)cc(C)c3)c3ccc5c(c3)C(C)(C)c3ccccc3-5)cc2C4(C)C)c1. The van der Waals surface area contributed by atoms with E-state index in [9.17, 15) is 0 Å². The van der Waals surface area contributed by atoms with Gasteiger partial charge in [0.1, 0.15) is 0 Å². The number of nitrogens with zero attached hydrogens (tertiary/aromatic N) is 4. The summed E-state index contributed by atoms with van der Waals surface area (Å²) in [6, 6.07) is 89.8. The Hall–Kier alpha value is -10.2. The first-order valence-electron chi connectivity index (χ1n) is 35.0. The number of hydrogen-bond donors (Lipinski definition) is 0. The maximum absolute atomic E-state index is 2.66. The lowest BCUT2D eigenvalue weighted by Gasteiger charge is -2.50. The summed E-state index contributed by atoms with van der Waals surface area (Å²) in [5, 5.41) is 0. The predicted molar refractivity (Wildman–Crippen MR) is 411 cm³/mol. The van der Waals surface area contributed by atoms with Gasteiger partial charge in [0.2, 0.25) is 0 Å². The first kappa shape index (κ1) is 60.5. The van der Waals surface area contributed by atoms with Crippen LogP contribution in [0.3, 0.4) is 0 Å². The fraction of sp³-hybridized carbons (Fsp3) is 0.226. The Morgan fingerprint density at radius 2 is 0.433 bits per heavy atom. The highest BCUT2D eigenvalue weighted by molar-refractivity contribution is 5.98. The normalized spacial score (nSPS) is 15.8. The molecular weight excluding hydrogens is 1170 g/mol. The number of hydrogen-bond acceptors (Lipinski definition) is 4. The molecule has 0 bridgehead atoms. The van der Waals surface area contributed by atoms with Crippen LogP contribution in [0.25, 0.3) is 33.4 Å². The maximum atomic E-state index is 2.66. The van der Waals surface area contributed by atoms with E-state index in [-0.39, 0.29) is 16.2 Å². The van der Waals surface area contributed by atoms with Crippen molar-refractivity contribution in [3.63, 3.8) is 0 Å². The van der Waals surface area contributed by atoms with Gasteiger partial charge in [0.25, 0.3) is 0 Å². The van der Waals surface area contributed by atoms with Gasteiger partial charge in [0, 0.05) is 78.3 Å². The van der Waals surface area contributed by atoms with Crippen LogP contribution in [0.4, 0.5) is 68.2 Å². The Morgan fingerprint density at radius 1 is 0.206 bits per heavy atom. The smallest absolute Gasteiger partial charge is 0.0545 e. The van der Waals surface area contributed by atoms with Gasteiger partial charge in [-0.25, -0.2) is 0 Å². The lowest BCUT2D eigenvalue weighted by atomic mass is 9.66. The second-order valence-corrected chi connectivity index (χ2v) is 31.6. The Bertz CT molecular complexity index is 5070. The molecule has 0 saturated heterocycles. The van der Waals surface area contributed by atoms with Crippen LogP contribution in [-0.2, 0) is 27.1 Å². The van der Waals surface area contributed by atoms with Crippen LogP contribution < -0.4 is 19.6 Å². The zero-order chi connectivity index (χ0) is 67.3. The summed E-state index contributed by atoms with van der Waals surface area (Å²) in [6.07, 6.45) is 0. The second-order valence-electron chi connectivity index (χ2n) is 31.6. The number of benzene rings is 12. The van der Waals surface area contributed by atoms with E-state index in [0.717, 1.165) is 51.2 Å². The number of anilines is 12. The van der Waals surface area contributed by atoms with Gasteiger partial charge in [-0.2, -0.15) is 0 Å². The molecule has 12 aromatic carbocycles. The van der Waals surface area contributed by atoms with Crippen LogP contribution in [0.2, 0.25) is 0 Å². The second kappa shape index (κ2) is 20.9. The minimum absolute atomic E-state index is 0.172. The highest BCUT2D eigenvalue weighted by Crippen LogP contribution is 2.64. The molecule has 0 aromatic heterocycles. The van der Waals surface area contributed by atoms with Crippen molar-refractivity contribution >= 4 is 68.2 Å². The monoisotopic (exact) mass is 1260 g/mol. The van der Waals surface area contributed by atoms with Gasteiger partial charge in [0.05, 0.1) is 17.1 Å². The molecule has 2 aliphatic heterocycles. The molecule has 0 radical (unpaired) electrons. The molecular formula is C93H86N4. The summed E-state index contributed by atoms with van der Waals surface area (Å²) in [5.74, 6) is 0. The number of rotatable bonds is 9. The summed E-state index contributed by atoms with van der Waals surface area (Å²) in [6.45, 7) is 37.8. The molecule has 478 valence electrons. The molecule has 17 rings (SSSR count). The lowest BCUT2D eigenvalue weighted by Crippen LogP contribution is -2.38. The molecule has 4 nitrogen and oxygen atoms in total. The number of fused-ring (bicyclic) bond motifs is 13. The van der Waals surface area contributed by atoms with Crippen molar-refractivity contribution in [1.29, 1.82) is 0 Å². The highest BCUT2D eigenvalue weighted by atomic mass is 15.2. The summed E-state index contributed by atoms with van der Waals surface area (Å²) in [7, 11) is 0. The zero-order valence-corrected chi connectivity index (χ0v) is 59.2. The van der Waals surface area contributed by atoms with Gasteiger partial charge >= 0.3 is 0 Å². The molecule has 12 aromatic rings. The van der Waals surface area contributed by atoms with Gasteiger partial charge in [0.15, 0.2) is 0 Å². The fourth-order valence-corrected chi connectivity index (χ4v) is 18.4. The maximum Gasteiger partial charge on any atom is 0.0545 e. The average Bonchev–Trinajstić information content (AvgIpc) is 1.61. The zero-order valence-electron chi connectivity index (χ0n) is 59.2. The van der Waals surface area contributed by atoms with E-state index in [4.69, 9.17) is 0 Å². The van der Waals surface area contributed by atoms with E-state index in [1.807, 2.05) is 0 Å². The summed E-state index contributed by atoms with van der Waals surface area (Å²) >= 11 is 0. The van der Waals surface area contributed by atoms with Crippen LogP contribution in [-0.4, -0.2) is 0 Å². The molecule has 4 heteroatoms. The third-order valence-corrected chi connectivity index (χ3v) is 23.1. The van der Waals surface area contributed by atoms with Gasteiger partial charge in [-0.15, -0.1) is 0 Å². The van der Waals surface area contributed by atoms with Gasteiger partial charge in [-0.05, 0) is 285 Å². The largest absolute Gasteiger partial charge is 0.310 e. The van der Waals surface area contributed by atoms with Crippen molar-refractivity contribution in [1.82, 2.24) is 0 Å². The first-order valence-corrected chi connectivity index (χ1v) is 35.0. The van der Waals surface area contributed by atoms with Crippen molar-refractivity contribution in [2.24, 2.45) is 0 Å². The van der Waals surface area contributed by atoms with Gasteiger partial charge in [-0.1, -0.05) is 178 Å². The van der Waals surface area contributed by atoms with Crippen molar-refractivity contribution in [3.05, 3.63) is 320 Å². The van der Waals surface area contributed by atoms with Gasteiger partial charge in [-0.3, -0.25) is 0 Å². The third kappa shape index (κ3) is 8.94. The Morgan fingerprint density at radius 3 is 0.742 bits per heavy atom. The molecule has 5 aliphatic rings. The molecule has 0 unspecified atom stereocenters. The molecule has 0 fully saturated rings. The third-order valence-electron chi connectivity index (χ3n) is 23.1. The molecule has 0 spiro atoms. The van der Waals surface area contributed by atoms with E-state index >= 15 is 0 Å². The molecule has 0 amide bonds. The molecule has 2 heterocycles. The molecule has 97 heavy (non-hydrogen) atoms. The minimum atomic E-state index is -0.498. The standard InChI is InChI=1S/C93H86N4/c1-55-39-56(2)43-66(42-55)94(61-29-34-73-70-23-17-20-26-76(70)89(7,8)79(73)48-61)64-32-37-86-82(51-64)92(13,14)84-53-69(96(68-46-59(5)41-60(6)47-68)63-31-36-75-72-25-19-22-28-78(72)91(11,12)81(75)50-63)54-85-88(84)97(86)87-38-33-65(52-83(87)93(85,15)16)95(67-44-57(3)40-58(4)45-67)62-30-35-74-71-24-18-21-27-77(71)90(9,10)80(74)49-62/h17-54H,1-16H3. The quantitative estimate of drug-likeness (QED) is 0.143. The van der Waals surface area contributed by atoms with Crippen LogP contribution in [0.15, 0.2) is 231 Å². The molecule has 3 aliphatic carbocycles. The van der Waals surface area contributed by atoms with Crippen LogP contribution in [0.5, 0.6) is 0 Å². The van der Waals surface area contributed by atoms with Gasteiger partial charge < -0.3 is 19.6 Å². The van der Waals surface area contributed by atoms with Crippen LogP contribution >= 0.6 is 0 Å². The summed E-state index contributed by atoms with van der Waals surface area (Å²) in [5.41, 5.74) is 41.1. The number of aryl methyl sites for hydroxylation is 6. The van der Waals surface area contributed by atoms with Crippen molar-refractivity contribution in [2.75, 3.05) is 19.6 Å². The molecule has 0 N–H and O–H groups in total. The average molecular weight is 1260 g/mol. The van der Waals surface area contributed by atoms with E-state index < -0.39 is 10.8 Å². The molecule has 0 atom stereocenters. The minimum Gasteiger partial charge on any atom is -0.310 e. The van der Waals surface area contributed by atoms with E-state index in [1.165, 1.54) is 139 Å². The van der Waals surface area contributed by atoms with Crippen LogP contribution in [0.1, 0.15) is 158 Å². The van der Waals surface area contributed by atoms with Crippen molar-refractivity contribution in [2.45, 2.75) is 138 Å². The predicted octanol–water partition coefficient (Wildman–Crippen LogP) is 25.6. The van der Waals surface area contributed by atoms with Crippen molar-refractivity contribution in [3.8, 4) is 33.4 Å².